The van der Waals surface area contributed by atoms with Crippen LogP contribution in [0.25, 0.3) is 21.8 Å². The van der Waals surface area contributed by atoms with Crippen molar-refractivity contribution in [2.24, 2.45) is 0 Å². The molecular weight excluding hydrogens is 642 g/mol. The van der Waals surface area contributed by atoms with Gasteiger partial charge in [-0.1, -0.05) is 0 Å². The summed E-state index contributed by atoms with van der Waals surface area (Å²) in [5.41, 5.74) is 6.41. The first-order valence-corrected chi connectivity index (χ1v) is 15.7. The highest BCUT2D eigenvalue weighted by Crippen LogP contribution is 2.36. The minimum absolute atomic E-state index is 0.355. The average molecular weight is 681 g/mol. The molecule has 6 rings (SSSR count). The second kappa shape index (κ2) is 13.6. The number of alkyl halides is 6. The molecule has 4 heterocycles. The predicted molar refractivity (Wildman–Crippen MR) is 168 cm³/mol. The summed E-state index contributed by atoms with van der Waals surface area (Å²) in [7, 11) is 3.16. The summed E-state index contributed by atoms with van der Waals surface area (Å²) >= 11 is 0. The third-order valence-corrected chi connectivity index (χ3v) is 8.87. The van der Waals surface area contributed by atoms with Crippen molar-refractivity contribution in [3.8, 4) is 11.5 Å². The minimum Gasteiger partial charge on any atom is -0.497 e. The molecule has 0 spiro atoms. The lowest BCUT2D eigenvalue weighted by atomic mass is 10.0. The lowest BCUT2D eigenvalue weighted by molar-refractivity contribution is -0.174. The summed E-state index contributed by atoms with van der Waals surface area (Å²) in [4.78, 5) is 22.3. The fraction of sp³-hybridized carbons (Fsp3) is 0.471. The van der Waals surface area contributed by atoms with Crippen molar-refractivity contribution in [3.05, 3.63) is 58.9 Å². The lowest BCUT2D eigenvalue weighted by Crippen LogP contribution is -2.42. The number of nitrogens with one attached hydrogen (secondary N) is 2. The van der Waals surface area contributed by atoms with Crippen LogP contribution in [0.15, 0.2) is 36.4 Å². The Morgan fingerprint density at radius 2 is 1.08 bits per heavy atom. The molecule has 260 valence electrons. The van der Waals surface area contributed by atoms with E-state index in [0.29, 0.717) is 24.3 Å². The molecule has 2 amide bonds. The van der Waals surface area contributed by atoms with E-state index in [1.807, 2.05) is 47.0 Å². The molecule has 2 aromatic heterocycles. The zero-order chi connectivity index (χ0) is 35.0. The van der Waals surface area contributed by atoms with E-state index < -0.39 is 36.3 Å². The van der Waals surface area contributed by atoms with Crippen molar-refractivity contribution in [2.45, 2.75) is 89.9 Å². The number of hydrogen-bond acceptors (Lipinski definition) is 4. The number of amides is 2. The van der Waals surface area contributed by atoms with Crippen molar-refractivity contribution in [1.29, 1.82) is 0 Å². The Bertz CT molecular complexity index is 1690. The van der Waals surface area contributed by atoms with Gasteiger partial charge in [-0.05, 0) is 99.9 Å². The van der Waals surface area contributed by atoms with Crippen molar-refractivity contribution in [1.82, 2.24) is 19.8 Å². The number of ether oxygens (including phenoxy) is 2. The van der Waals surface area contributed by atoms with Gasteiger partial charge < -0.3 is 29.2 Å². The van der Waals surface area contributed by atoms with Gasteiger partial charge in [-0.25, -0.2) is 0 Å². The first-order valence-electron chi connectivity index (χ1n) is 15.7. The van der Waals surface area contributed by atoms with E-state index in [1.165, 1.54) is 0 Å². The summed E-state index contributed by atoms with van der Waals surface area (Å²) in [6.07, 6.45) is -5.17. The lowest BCUT2D eigenvalue weighted by Gasteiger charge is -2.16. The molecule has 2 atom stereocenters. The van der Waals surface area contributed by atoms with Gasteiger partial charge >= 0.3 is 24.2 Å². The molecule has 0 bridgehead atoms. The van der Waals surface area contributed by atoms with E-state index in [-0.39, 0.29) is 0 Å². The van der Waals surface area contributed by atoms with E-state index in [1.54, 1.807) is 28.1 Å². The summed E-state index contributed by atoms with van der Waals surface area (Å²) < 4.78 is 89.5. The Balaban J connectivity index is 0.000000188. The molecule has 2 aliphatic heterocycles. The molecule has 0 saturated heterocycles. The molecule has 2 aromatic carbocycles. The molecule has 2 N–H and O–H groups in total. The van der Waals surface area contributed by atoms with Crippen LogP contribution in [0, 0.1) is 0 Å². The van der Waals surface area contributed by atoms with Gasteiger partial charge in [0.2, 0.25) is 0 Å². The summed E-state index contributed by atoms with van der Waals surface area (Å²) in [6, 6.07) is 10.3. The molecule has 14 heteroatoms. The molecule has 0 fully saturated rings. The molecule has 2 unspecified atom stereocenters. The van der Waals surface area contributed by atoms with Crippen molar-refractivity contribution in [3.63, 3.8) is 0 Å². The van der Waals surface area contributed by atoms with Crippen molar-refractivity contribution < 1.29 is 45.4 Å². The molecule has 0 aliphatic carbocycles. The SMILES string of the molecule is COc1ccc2c(c1)c(CC(C)NC(=O)C(F)(F)F)c1n2CCC1.COc1ccc2c(c1)c(CC(C)NC(=O)C(F)(F)F)c1n2CCC1. The van der Waals surface area contributed by atoms with Crippen LogP contribution in [0.3, 0.4) is 0 Å². The number of aryl methyl sites for hydroxylation is 2. The summed E-state index contributed by atoms with van der Waals surface area (Å²) in [5.74, 6) is -2.37. The number of carbonyl (C=O) groups is 2. The Labute approximate surface area is 273 Å². The Morgan fingerprint density at radius 1 is 0.708 bits per heavy atom. The molecule has 0 radical (unpaired) electrons. The van der Waals surface area contributed by atoms with E-state index >= 15 is 0 Å². The number of carbonyl (C=O) groups excluding carboxylic acids is 2. The Morgan fingerprint density at radius 3 is 1.42 bits per heavy atom. The fourth-order valence-electron chi connectivity index (χ4n) is 6.84. The van der Waals surface area contributed by atoms with Gasteiger partial charge in [0.25, 0.3) is 0 Å². The van der Waals surface area contributed by atoms with Crippen molar-refractivity contribution in [2.75, 3.05) is 14.2 Å². The van der Waals surface area contributed by atoms with E-state index in [0.717, 1.165) is 83.1 Å². The topological polar surface area (TPSA) is 86.5 Å². The van der Waals surface area contributed by atoms with Crippen LogP contribution in [0.4, 0.5) is 26.3 Å². The molecule has 8 nitrogen and oxygen atoms in total. The molecule has 4 aromatic rings. The maximum Gasteiger partial charge on any atom is 0.471 e. The van der Waals surface area contributed by atoms with E-state index in [2.05, 4.69) is 9.13 Å². The number of hydrogen-bond donors (Lipinski definition) is 2. The van der Waals surface area contributed by atoms with Crippen LogP contribution in [0.2, 0.25) is 0 Å². The van der Waals surface area contributed by atoms with Gasteiger partial charge in [0.1, 0.15) is 11.5 Å². The maximum absolute atomic E-state index is 12.4. The second-order valence-electron chi connectivity index (χ2n) is 12.3. The Hall–Kier alpha value is -4.36. The fourth-order valence-corrected chi connectivity index (χ4v) is 6.84. The highest BCUT2D eigenvalue weighted by atomic mass is 19.4. The van der Waals surface area contributed by atoms with E-state index in [4.69, 9.17) is 9.47 Å². The zero-order valence-corrected chi connectivity index (χ0v) is 27.1. The first-order chi connectivity index (χ1) is 22.6. The summed E-state index contributed by atoms with van der Waals surface area (Å²) in [5, 5.41) is 6.04. The minimum atomic E-state index is -4.86. The maximum atomic E-state index is 12.4. The van der Waals surface area contributed by atoms with Gasteiger partial charge in [0.15, 0.2) is 0 Å². The number of nitrogens with zero attached hydrogens (tertiary/aromatic N) is 2. The molecule has 0 saturated carbocycles. The van der Waals surface area contributed by atoms with Gasteiger partial charge in [0, 0.05) is 58.4 Å². The van der Waals surface area contributed by atoms with Crippen LogP contribution in [0.5, 0.6) is 11.5 Å². The number of methoxy groups -OCH3 is 2. The average Bonchev–Trinajstić information content (AvgIpc) is 3.80. The van der Waals surface area contributed by atoms with Gasteiger partial charge in [-0.3, -0.25) is 9.59 Å². The zero-order valence-electron chi connectivity index (χ0n) is 27.1. The van der Waals surface area contributed by atoms with Gasteiger partial charge in [-0.2, -0.15) is 26.3 Å². The number of aromatic nitrogens is 2. The third-order valence-electron chi connectivity index (χ3n) is 8.87. The number of benzene rings is 2. The normalized spacial score (nSPS) is 15.4. The molecular formula is C34H38F6N4O4. The molecule has 48 heavy (non-hydrogen) atoms. The number of halogens is 6. The van der Waals surface area contributed by atoms with Crippen LogP contribution in [0.1, 0.15) is 49.2 Å². The van der Waals surface area contributed by atoms with Crippen LogP contribution in [-0.2, 0) is 48.4 Å². The first kappa shape index (κ1) is 35.0. The highest BCUT2D eigenvalue weighted by molar-refractivity contribution is 5.89. The standard InChI is InChI=1S/2C17H19F3N2O2/c2*1-10(21-16(23)17(18,19)20)8-12-13-9-11(24-2)5-6-15(13)22-7-3-4-14(12)22/h2*5-6,9-10H,3-4,7-8H2,1-2H3,(H,21,23). The van der Waals surface area contributed by atoms with E-state index in [9.17, 15) is 35.9 Å². The Kier molecular flexibility index (Phi) is 9.93. The van der Waals surface area contributed by atoms with Crippen LogP contribution in [-0.4, -0.2) is 59.6 Å². The van der Waals surface area contributed by atoms with Gasteiger partial charge in [-0.15, -0.1) is 0 Å². The quantitative estimate of drug-likeness (QED) is 0.211. The second-order valence-corrected chi connectivity index (χ2v) is 12.3. The molecule has 2 aliphatic rings. The largest absolute Gasteiger partial charge is 0.497 e. The number of rotatable bonds is 8. The van der Waals surface area contributed by atoms with Crippen LogP contribution >= 0.6 is 0 Å². The monoisotopic (exact) mass is 680 g/mol. The predicted octanol–water partition coefficient (Wildman–Crippen LogP) is 6.41. The van der Waals surface area contributed by atoms with Gasteiger partial charge in [0.05, 0.1) is 14.2 Å². The number of fused-ring (bicyclic) bond motifs is 6. The van der Waals surface area contributed by atoms with Crippen LogP contribution < -0.4 is 20.1 Å². The summed E-state index contributed by atoms with van der Waals surface area (Å²) in [6.45, 7) is 4.99. The highest BCUT2D eigenvalue weighted by Gasteiger charge is 2.40. The third kappa shape index (κ3) is 7.21. The smallest absolute Gasteiger partial charge is 0.471 e. The van der Waals surface area contributed by atoms with Crippen molar-refractivity contribution >= 4 is 33.6 Å².